The van der Waals surface area contributed by atoms with E-state index in [2.05, 4.69) is 32.3 Å². The number of anilines is 2. The second-order valence-corrected chi connectivity index (χ2v) is 6.40. The number of rotatable bonds is 3. The van der Waals surface area contributed by atoms with Crippen LogP contribution in [0.3, 0.4) is 0 Å². The van der Waals surface area contributed by atoms with Crippen LogP contribution in [0.4, 0.5) is 11.4 Å². The van der Waals surface area contributed by atoms with Gasteiger partial charge in [-0.3, -0.25) is 14.8 Å². The fourth-order valence-corrected chi connectivity index (χ4v) is 3.34. The van der Waals surface area contributed by atoms with E-state index in [1.807, 2.05) is 19.1 Å². The molecule has 1 amide bonds. The summed E-state index contributed by atoms with van der Waals surface area (Å²) in [5.41, 5.74) is 4.48. The van der Waals surface area contributed by atoms with Crippen LogP contribution in [-0.4, -0.2) is 29.0 Å². The van der Waals surface area contributed by atoms with Crippen molar-refractivity contribution in [2.24, 2.45) is 0 Å². The first kappa shape index (κ1) is 15.6. The lowest BCUT2D eigenvalue weighted by Gasteiger charge is -2.20. The number of fused-ring (bicyclic) bond motifs is 1. The molecular formula is C20H20N4O. The summed E-state index contributed by atoms with van der Waals surface area (Å²) in [6, 6.07) is 11.5. The third-order valence-corrected chi connectivity index (χ3v) is 4.56. The van der Waals surface area contributed by atoms with Gasteiger partial charge in [-0.05, 0) is 56.2 Å². The van der Waals surface area contributed by atoms with E-state index < -0.39 is 0 Å². The Morgan fingerprint density at radius 3 is 2.60 bits per heavy atom. The number of carbonyl (C=O) groups is 1. The largest absolute Gasteiger partial charge is 0.371 e. The van der Waals surface area contributed by atoms with E-state index in [-0.39, 0.29) is 5.91 Å². The van der Waals surface area contributed by atoms with Crippen LogP contribution in [0.25, 0.3) is 10.9 Å². The molecule has 0 radical (unpaired) electrons. The van der Waals surface area contributed by atoms with Crippen molar-refractivity contribution in [2.75, 3.05) is 23.3 Å². The van der Waals surface area contributed by atoms with Gasteiger partial charge in [0.25, 0.3) is 5.91 Å². The zero-order chi connectivity index (χ0) is 17.2. The fraction of sp³-hybridized carbons (Fsp3) is 0.250. The van der Waals surface area contributed by atoms with Gasteiger partial charge in [0, 0.05) is 53.5 Å². The number of hydrogen-bond donors (Lipinski definition) is 1. The molecule has 25 heavy (non-hydrogen) atoms. The fourth-order valence-electron chi connectivity index (χ4n) is 3.34. The van der Waals surface area contributed by atoms with Crippen molar-refractivity contribution in [2.45, 2.75) is 19.8 Å². The molecular weight excluding hydrogens is 312 g/mol. The summed E-state index contributed by atoms with van der Waals surface area (Å²) in [4.78, 5) is 23.3. The van der Waals surface area contributed by atoms with Crippen molar-refractivity contribution in [1.82, 2.24) is 9.97 Å². The predicted octanol–water partition coefficient (Wildman–Crippen LogP) is 3.79. The summed E-state index contributed by atoms with van der Waals surface area (Å²) >= 11 is 0. The second-order valence-electron chi connectivity index (χ2n) is 6.40. The average Bonchev–Trinajstić information content (AvgIpc) is 3.16. The summed E-state index contributed by atoms with van der Waals surface area (Å²) in [7, 11) is 0. The smallest absolute Gasteiger partial charge is 0.255 e. The van der Waals surface area contributed by atoms with Crippen LogP contribution >= 0.6 is 0 Å². The van der Waals surface area contributed by atoms with Gasteiger partial charge >= 0.3 is 0 Å². The molecule has 5 heteroatoms. The van der Waals surface area contributed by atoms with Crippen LogP contribution in [0.15, 0.2) is 48.8 Å². The van der Waals surface area contributed by atoms with Gasteiger partial charge in [-0.15, -0.1) is 0 Å². The van der Waals surface area contributed by atoms with Gasteiger partial charge in [-0.1, -0.05) is 0 Å². The van der Waals surface area contributed by atoms with Gasteiger partial charge in [-0.2, -0.15) is 0 Å². The van der Waals surface area contributed by atoms with Crippen molar-refractivity contribution in [1.29, 1.82) is 0 Å². The minimum atomic E-state index is -0.144. The van der Waals surface area contributed by atoms with Gasteiger partial charge in [0.05, 0.1) is 5.52 Å². The first-order valence-electron chi connectivity index (χ1n) is 8.58. The molecule has 1 aliphatic heterocycles. The van der Waals surface area contributed by atoms with Crippen LogP contribution in [-0.2, 0) is 0 Å². The topological polar surface area (TPSA) is 58.1 Å². The molecule has 0 atom stereocenters. The molecule has 0 spiro atoms. The van der Waals surface area contributed by atoms with Gasteiger partial charge < -0.3 is 10.2 Å². The number of aromatic nitrogens is 2. The summed E-state index contributed by atoms with van der Waals surface area (Å²) in [5, 5.41) is 4.07. The predicted molar refractivity (Wildman–Crippen MR) is 100 cm³/mol. The van der Waals surface area contributed by atoms with E-state index in [1.165, 1.54) is 18.5 Å². The van der Waals surface area contributed by atoms with E-state index in [4.69, 9.17) is 0 Å². The molecule has 2 aromatic heterocycles. The molecule has 1 N–H and O–H groups in total. The lowest BCUT2D eigenvalue weighted by atomic mass is 10.1. The highest BCUT2D eigenvalue weighted by Gasteiger charge is 2.16. The highest BCUT2D eigenvalue weighted by Crippen LogP contribution is 2.31. The Balaban J connectivity index is 1.67. The van der Waals surface area contributed by atoms with Gasteiger partial charge in [0.1, 0.15) is 0 Å². The Labute approximate surface area is 146 Å². The third-order valence-electron chi connectivity index (χ3n) is 4.56. The number of amides is 1. The van der Waals surface area contributed by atoms with Crippen molar-refractivity contribution in [3.05, 3.63) is 60.0 Å². The van der Waals surface area contributed by atoms with Gasteiger partial charge in [0.2, 0.25) is 0 Å². The zero-order valence-corrected chi connectivity index (χ0v) is 14.2. The summed E-state index contributed by atoms with van der Waals surface area (Å²) in [6.07, 6.45) is 5.71. The quantitative estimate of drug-likeness (QED) is 0.793. The van der Waals surface area contributed by atoms with E-state index in [1.54, 1.807) is 24.5 Å². The molecule has 1 fully saturated rings. The molecule has 5 nitrogen and oxygen atoms in total. The van der Waals surface area contributed by atoms with Crippen LogP contribution in [0.5, 0.6) is 0 Å². The maximum Gasteiger partial charge on any atom is 0.255 e. The van der Waals surface area contributed by atoms with Crippen molar-refractivity contribution in [3.8, 4) is 0 Å². The lowest BCUT2D eigenvalue weighted by Crippen LogP contribution is -2.18. The summed E-state index contributed by atoms with van der Waals surface area (Å²) < 4.78 is 0. The molecule has 1 aromatic carbocycles. The first-order valence-corrected chi connectivity index (χ1v) is 8.58. The highest BCUT2D eigenvalue weighted by molar-refractivity contribution is 6.05. The number of hydrogen-bond acceptors (Lipinski definition) is 4. The molecule has 3 aromatic rings. The Bertz CT molecular complexity index is 918. The number of pyridine rings is 2. The molecule has 3 heterocycles. The summed E-state index contributed by atoms with van der Waals surface area (Å²) in [6.45, 7) is 4.21. The van der Waals surface area contributed by atoms with Crippen molar-refractivity contribution >= 4 is 28.2 Å². The normalized spacial score (nSPS) is 14.0. The minimum absolute atomic E-state index is 0.144. The van der Waals surface area contributed by atoms with Crippen molar-refractivity contribution < 1.29 is 4.79 Å². The Hall–Kier alpha value is -2.95. The first-order chi connectivity index (χ1) is 12.2. The van der Waals surface area contributed by atoms with E-state index in [0.29, 0.717) is 5.56 Å². The zero-order valence-electron chi connectivity index (χ0n) is 14.2. The Morgan fingerprint density at radius 2 is 1.84 bits per heavy atom. The SMILES string of the molecule is Cc1cc(N2CCCC2)c2ccc(NC(=O)c3ccncc3)cc2n1. The monoisotopic (exact) mass is 332 g/mol. The molecule has 4 rings (SSSR count). The highest BCUT2D eigenvalue weighted by atomic mass is 16.1. The van der Waals surface area contributed by atoms with Gasteiger partial charge in [0.15, 0.2) is 0 Å². The number of carbonyl (C=O) groups excluding carboxylic acids is 1. The van der Waals surface area contributed by atoms with Crippen LogP contribution in [0.1, 0.15) is 28.9 Å². The maximum atomic E-state index is 12.3. The van der Waals surface area contributed by atoms with Crippen LogP contribution in [0.2, 0.25) is 0 Å². The lowest BCUT2D eigenvalue weighted by molar-refractivity contribution is 0.102. The maximum absolute atomic E-state index is 12.3. The molecule has 0 unspecified atom stereocenters. The minimum Gasteiger partial charge on any atom is -0.371 e. The van der Waals surface area contributed by atoms with Gasteiger partial charge in [-0.25, -0.2) is 0 Å². The summed E-state index contributed by atoms with van der Waals surface area (Å²) in [5.74, 6) is -0.144. The Kier molecular flexibility index (Phi) is 4.06. The Morgan fingerprint density at radius 1 is 1.08 bits per heavy atom. The van der Waals surface area contributed by atoms with Crippen LogP contribution < -0.4 is 10.2 Å². The molecule has 0 saturated carbocycles. The molecule has 0 aliphatic carbocycles. The average molecular weight is 332 g/mol. The molecule has 1 aliphatic rings. The second kappa shape index (κ2) is 6.51. The number of nitrogens with zero attached hydrogens (tertiary/aromatic N) is 3. The van der Waals surface area contributed by atoms with Crippen LogP contribution in [0, 0.1) is 6.92 Å². The number of nitrogens with one attached hydrogen (secondary N) is 1. The number of benzene rings is 1. The standard InChI is InChI=1S/C20H20N4O/c1-14-12-19(24-10-2-3-11-24)17-5-4-16(13-18(17)22-14)23-20(25)15-6-8-21-9-7-15/h4-9,12-13H,2-3,10-11H2,1H3,(H,23,25). The van der Waals surface area contributed by atoms with E-state index in [9.17, 15) is 4.79 Å². The molecule has 126 valence electrons. The molecule has 1 saturated heterocycles. The third kappa shape index (κ3) is 3.18. The van der Waals surface area contributed by atoms with E-state index in [0.717, 1.165) is 35.4 Å². The number of aryl methyl sites for hydroxylation is 1. The van der Waals surface area contributed by atoms with E-state index >= 15 is 0 Å². The molecule has 0 bridgehead atoms. The van der Waals surface area contributed by atoms with Crippen molar-refractivity contribution in [3.63, 3.8) is 0 Å².